The molecule has 1 amide bonds. The zero-order chi connectivity index (χ0) is 13.7. The molecule has 1 unspecified atom stereocenters. The summed E-state index contributed by atoms with van der Waals surface area (Å²) in [5.74, 6) is -0.148. The molecule has 1 fully saturated rings. The topological polar surface area (TPSA) is 55.4 Å². The second kappa shape index (κ2) is 6.48. The number of rotatable bonds is 4. The Balaban J connectivity index is 1.96. The van der Waals surface area contributed by atoms with Crippen LogP contribution in [0.2, 0.25) is 0 Å². The molecule has 1 aromatic carbocycles. The maximum atomic E-state index is 12.0. The molecular weight excluding hydrogens is 242 g/mol. The van der Waals surface area contributed by atoms with Crippen LogP contribution in [0, 0.1) is 0 Å². The van der Waals surface area contributed by atoms with Crippen LogP contribution >= 0.6 is 0 Å². The minimum absolute atomic E-state index is 0.0123. The standard InChI is InChI=1S/C15H19NO3/c1-11(17)13-7-2-3-8-14(13)16-15(18)10-12-6-4-5-9-19-12/h2-3,7-8,12H,4-6,9-10H2,1H3,(H,16,18). The third kappa shape index (κ3) is 3.89. The van der Waals surface area contributed by atoms with E-state index in [1.54, 1.807) is 24.3 Å². The summed E-state index contributed by atoms with van der Waals surface area (Å²) in [4.78, 5) is 23.4. The molecule has 1 aromatic rings. The van der Waals surface area contributed by atoms with Crippen LogP contribution in [0.3, 0.4) is 0 Å². The van der Waals surface area contributed by atoms with Crippen LogP contribution in [-0.4, -0.2) is 24.4 Å². The van der Waals surface area contributed by atoms with Gasteiger partial charge in [0.2, 0.25) is 5.91 Å². The van der Waals surface area contributed by atoms with Gasteiger partial charge in [-0.25, -0.2) is 0 Å². The molecule has 0 aliphatic carbocycles. The minimum Gasteiger partial charge on any atom is -0.378 e. The van der Waals surface area contributed by atoms with Gasteiger partial charge in [-0.15, -0.1) is 0 Å². The van der Waals surface area contributed by atoms with Crippen LogP contribution in [-0.2, 0) is 9.53 Å². The molecule has 1 atom stereocenters. The Morgan fingerprint density at radius 2 is 2.11 bits per heavy atom. The summed E-state index contributed by atoms with van der Waals surface area (Å²) in [6.07, 6.45) is 3.49. The number of anilines is 1. The summed E-state index contributed by atoms with van der Waals surface area (Å²) in [6.45, 7) is 2.23. The lowest BCUT2D eigenvalue weighted by atomic mass is 10.1. The zero-order valence-electron chi connectivity index (χ0n) is 11.1. The SMILES string of the molecule is CC(=O)c1ccccc1NC(=O)CC1CCCCO1. The van der Waals surface area contributed by atoms with Crippen LogP contribution in [0.15, 0.2) is 24.3 Å². The number of nitrogens with one attached hydrogen (secondary N) is 1. The molecule has 2 rings (SSSR count). The van der Waals surface area contributed by atoms with Crippen molar-refractivity contribution in [3.8, 4) is 0 Å². The van der Waals surface area contributed by atoms with Gasteiger partial charge in [0.15, 0.2) is 5.78 Å². The number of carbonyl (C=O) groups is 2. The number of ketones is 1. The number of ether oxygens (including phenoxy) is 1. The van der Waals surface area contributed by atoms with Gasteiger partial charge in [0.1, 0.15) is 0 Å². The van der Waals surface area contributed by atoms with Gasteiger partial charge in [-0.2, -0.15) is 0 Å². The fourth-order valence-corrected chi connectivity index (χ4v) is 2.28. The Bertz CT molecular complexity index is 464. The third-order valence-electron chi connectivity index (χ3n) is 3.27. The van der Waals surface area contributed by atoms with Crippen molar-refractivity contribution in [2.24, 2.45) is 0 Å². The normalized spacial score (nSPS) is 18.9. The molecule has 0 saturated carbocycles. The van der Waals surface area contributed by atoms with E-state index in [-0.39, 0.29) is 17.8 Å². The Hall–Kier alpha value is -1.68. The van der Waals surface area contributed by atoms with Crippen LogP contribution in [0.5, 0.6) is 0 Å². The highest BCUT2D eigenvalue weighted by Gasteiger charge is 2.18. The molecule has 0 aromatic heterocycles. The smallest absolute Gasteiger partial charge is 0.227 e. The van der Waals surface area contributed by atoms with Crippen molar-refractivity contribution in [3.63, 3.8) is 0 Å². The first kappa shape index (κ1) is 13.7. The average molecular weight is 261 g/mol. The lowest BCUT2D eigenvalue weighted by molar-refractivity contribution is -0.119. The average Bonchev–Trinajstić information content (AvgIpc) is 2.40. The quantitative estimate of drug-likeness (QED) is 0.848. The van der Waals surface area contributed by atoms with E-state index in [2.05, 4.69) is 5.32 Å². The molecule has 1 heterocycles. The monoisotopic (exact) mass is 261 g/mol. The van der Waals surface area contributed by atoms with Crippen LogP contribution in [0.4, 0.5) is 5.69 Å². The lowest BCUT2D eigenvalue weighted by Gasteiger charge is -2.22. The molecule has 102 valence electrons. The Morgan fingerprint density at radius 1 is 1.32 bits per heavy atom. The summed E-state index contributed by atoms with van der Waals surface area (Å²) < 4.78 is 5.54. The maximum absolute atomic E-state index is 12.0. The van der Waals surface area contributed by atoms with Gasteiger partial charge in [0.05, 0.1) is 18.2 Å². The Morgan fingerprint density at radius 3 is 2.79 bits per heavy atom. The van der Waals surface area contributed by atoms with E-state index in [0.717, 1.165) is 25.9 Å². The fourth-order valence-electron chi connectivity index (χ4n) is 2.28. The van der Waals surface area contributed by atoms with Crippen molar-refractivity contribution in [2.75, 3.05) is 11.9 Å². The predicted molar refractivity (Wildman–Crippen MR) is 73.3 cm³/mol. The third-order valence-corrected chi connectivity index (χ3v) is 3.27. The van der Waals surface area contributed by atoms with Crippen molar-refractivity contribution >= 4 is 17.4 Å². The van der Waals surface area contributed by atoms with Gasteiger partial charge in [0.25, 0.3) is 0 Å². The first-order valence-corrected chi connectivity index (χ1v) is 6.68. The summed E-state index contributed by atoms with van der Waals surface area (Å²) in [6, 6.07) is 7.06. The van der Waals surface area contributed by atoms with E-state index in [1.165, 1.54) is 6.92 Å². The van der Waals surface area contributed by atoms with Gasteiger partial charge in [-0.3, -0.25) is 9.59 Å². The Labute approximate surface area is 113 Å². The van der Waals surface area contributed by atoms with Crippen molar-refractivity contribution in [2.45, 2.75) is 38.7 Å². The highest BCUT2D eigenvalue weighted by atomic mass is 16.5. The van der Waals surface area contributed by atoms with E-state index >= 15 is 0 Å². The second-order valence-electron chi connectivity index (χ2n) is 4.84. The fraction of sp³-hybridized carbons (Fsp3) is 0.467. The molecule has 1 saturated heterocycles. The molecular formula is C15H19NO3. The first-order valence-electron chi connectivity index (χ1n) is 6.68. The number of Topliss-reactive ketones (excluding diaryl/α,β-unsaturated/α-hetero) is 1. The molecule has 4 heteroatoms. The molecule has 19 heavy (non-hydrogen) atoms. The number of hydrogen-bond donors (Lipinski definition) is 1. The maximum Gasteiger partial charge on any atom is 0.227 e. The number of carbonyl (C=O) groups excluding carboxylic acids is 2. The summed E-state index contributed by atoms with van der Waals surface area (Å²) >= 11 is 0. The highest BCUT2D eigenvalue weighted by molar-refractivity contribution is 6.03. The van der Waals surface area contributed by atoms with E-state index in [9.17, 15) is 9.59 Å². The van der Waals surface area contributed by atoms with Gasteiger partial charge < -0.3 is 10.1 Å². The number of amides is 1. The zero-order valence-corrected chi connectivity index (χ0v) is 11.1. The molecule has 0 spiro atoms. The van der Waals surface area contributed by atoms with Crippen LogP contribution in [0.25, 0.3) is 0 Å². The van der Waals surface area contributed by atoms with E-state index in [0.29, 0.717) is 17.7 Å². The van der Waals surface area contributed by atoms with Crippen molar-refractivity contribution < 1.29 is 14.3 Å². The minimum atomic E-state index is -0.0967. The molecule has 1 aliphatic heterocycles. The van der Waals surface area contributed by atoms with Crippen LogP contribution < -0.4 is 5.32 Å². The highest BCUT2D eigenvalue weighted by Crippen LogP contribution is 2.19. The molecule has 4 nitrogen and oxygen atoms in total. The first-order chi connectivity index (χ1) is 9.16. The van der Waals surface area contributed by atoms with Gasteiger partial charge in [-0.1, -0.05) is 12.1 Å². The molecule has 1 aliphatic rings. The van der Waals surface area contributed by atoms with Gasteiger partial charge in [0, 0.05) is 12.2 Å². The van der Waals surface area contributed by atoms with Gasteiger partial charge in [-0.05, 0) is 38.3 Å². The largest absolute Gasteiger partial charge is 0.378 e. The van der Waals surface area contributed by atoms with Crippen LogP contribution in [0.1, 0.15) is 43.0 Å². The molecule has 0 bridgehead atoms. The van der Waals surface area contributed by atoms with Crippen molar-refractivity contribution in [3.05, 3.63) is 29.8 Å². The molecule has 0 radical (unpaired) electrons. The predicted octanol–water partition coefficient (Wildman–Crippen LogP) is 2.79. The lowest BCUT2D eigenvalue weighted by Crippen LogP contribution is -2.26. The van der Waals surface area contributed by atoms with E-state index in [4.69, 9.17) is 4.74 Å². The summed E-state index contributed by atoms with van der Waals surface area (Å²) in [5, 5.41) is 2.80. The number of benzene rings is 1. The van der Waals surface area contributed by atoms with E-state index < -0.39 is 0 Å². The van der Waals surface area contributed by atoms with Crippen molar-refractivity contribution in [1.29, 1.82) is 0 Å². The van der Waals surface area contributed by atoms with Gasteiger partial charge >= 0.3 is 0 Å². The molecule has 1 N–H and O–H groups in total. The second-order valence-corrected chi connectivity index (χ2v) is 4.84. The summed E-state index contributed by atoms with van der Waals surface area (Å²) in [7, 11) is 0. The Kier molecular flexibility index (Phi) is 4.68. The van der Waals surface area contributed by atoms with Crippen molar-refractivity contribution in [1.82, 2.24) is 0 Å². The summed E-state index contributed by atoms with van der Waals surface area (Å²) in [5.41, 5.74) is 1.12. The van der Waals surface area contributed by atoms with E-state index in [1.807, 2.05) is 0 Å². The number of para-hydroxylation sites is 1. The number of hydrogen-bond acceptors (Lipinski definition) is 3.